The molecule has 3 atom stereocenters. The van der Waals surface area contributed by atoms with E-state index >= 15 is 0 Å². The largest absolute Gasteiger partial charge is 0.394 e. The van der Waals surface area contributed by atoms with Crippen LogP contribution in [0.25, 0.3) is 0 Å². The van der Waals surface area contributed by atoms with Gasteiger partial charge in [0.1, 0.15) is 23.8 Å². The molecule has 0 radical (unpaired) electrons. The Balaban J connectivity index is 1.89. The van der Waals surface area contributed by atoms with Crippen LogP contribution in [0.15, 0.2) is 11.5 Å². The van der Waals surface area contributed by atoms with E-state index in [0.717, 1.165) is 5.82 Å². The van der Waals surface area contributed by atoms with E-state index in [-0.39, 0.29) is 18.7 Å². The molecule has 1 fully saturated rings. The fourth-order valence-electron chi connectivity index (χ4n) is 3.26. The maximum absolute atomic E-state index is 12.4. The molecule has 3 aliphatic rings. The minimum absolute atomic E-state index is 0.00893. The average Bonchev–Trinajstić information content (AvgIpc) is 2.97. The van der Waals surface area contributed by atoms with Crippen molar-refractivity contribution < 1.29 is 19.7 Å². The lowest BCUT2D eigenvalue weighted by Gasteiger charge is -2.37. The third-order valence-electron chi connectivity index (χ3n) is 4.30. The van der Waals surface area contributed by atoms with Gasteiger partial charge in [-0.25, -0.2) is 0 Å². The van der Waals surface area contributed by atoms with Crippen molar-refractivity contribution in [2.24, 2.45) is 0 Å². The maximum atomic E-state index is 12.4. The van der Waals surface area contributed by atoms with Gasteiger partial charge in [-0.1, -0.05) is 0 Å². The van der Waals surface area contributed by atoms with Crippen molar-refractivity contribution in [3.8, 4) is 0 Å². The summed E-state index contributed by atoms with van der Waals surface area (Å²) in [6.07, 6.45) is -1.14. The molecule has 0 bridgehead atoms. The highest BCUT2D eigenvalue weighted by Crippen LogP contribution is 2.35. The first-order chi connectivity index (χ1) is 9.93. The van der Waals surface area contributed by atoms with Crippen molar-refractivity contribution in [1.82, 2.24) is 19.6 Å². The molecule has 8 heteroatoms. The number of aliphatic hydroxyl groups is 2. The van der Waals surface area contributed by atoms with Gasteiger partial charge >= 0.3 is 0 Å². The summed E-state index contributed by atoms with van der Waals surface area (Å²) in [6, 6.07) is 0. The van der Waals surface area contributed by atoms with Crippen molar-refractivity contribution in [1.29, 1.82) is 0 Å². The summed E-state index contributed by atoms with van der Waals surface area (Å²) in [6.45, 7) is 0.843. The molecule has 0 aromatic rings. The molecule has 0 spiro atoms. The number of aliphatic hydroxyl groups excluding tert-OH is 2. The van der Waals surface area contributed by atoms with Gasteiger partial charge in [0.05, 0.1) is 26.0 Å². The van der Waals surface area contributed by atoms with Crippen molar-refractivity contribution in [2.45, 2.75) is 24.9 Å². The van der Waals surface area contributed by atoms with Crippen molar-refractivity contribution in [3.05, 3.63) is 11.5 Å². The zero-order valence-corrected chi connectivity index (χ0v) is 12.6. The molecule has 0 saturated carbocycles. The Kier molecular flexibility index (Phi) is 3.46. The van der Waals surface area contributed by atoms with Crippen LogP contribution in [0, 0.1) is 0 Å². The highest BCUT2D eigenvalue weighted by Gasteiger charge is 2.45. The summed E-state index contributed by atoms with van der Waals surface area (Å²) in [4.78, 5) is 19.9. The first kappa shape index (κ1) is 14.4. The second-order valence-electron chi connectivity index (χ2n) is 5.94. The molecular weight excluding hydrogens is 276 g/mol. The monoisotopic (exact) mass is 298 g/mol. The van der Waals surface area contributed by atoms with E-state index in [4.69, 9.17) is 4.74 Å². The first-order valence-electron chi connectivity index (χ1n) is 7.07. The van der Waals surface area contributed by atoms with E-state index in [1.54, 1.807) is 11.9 Å². The highest BCUT2D eigenvalue weighted by molar-refractivity contribution is 5.94. The van der Waals surface area contributed by atoms with Crippen LogP contribution in [0.3, 0.4) is 0 Å². The van der Waals surface area contributed by atoms with Gasteiger partial charge < -0.3 is 34.5 Å². The predicted molar refractivity (Wildman–Crippen MR) is 73.3 cm³/mol. The summed E-state index contributed by atoms with van der Waals surface area (Å²) < 4.78 is 5.73. The molecule has 1 amide bonds. The number of carbonyl (C=O) groups is 1. The molecule has 21 heavy (non-hydrogen) atoms. The van der Waals surface area contributed by atoms with Gasteiger partial charge in [-0.2, -0.15) is 0 Å². The van der Waals surface area contributed by atoms with Gasteiger partial charge in [-0.15, -0.1) is 0 Å². The Morgan fingerprint density at radius 2 is 1.90 bits per heavy atom. The van der Waals surface area contributed by atoms with Crippen LogP contribution in [0.5, 0.6) is 0 Å². The highest BCUT2D eigenvalue weighted by atomic mass is 16.5. The molecule has 2 N–H and O–H groups in total. The Hall–Kier alpha value is -1.51. The van der Waals surface area contributed by atoms with Crippen LogP contribution >= 0.6 is 0 Å². The molecule has 0 aromatic carbocycles. The zero-order chi connectivity index (χ0) is 15.3. The minimum Gasteiger partial charge on any atom is -0.394 e. The van der Waals surface area contributed by atoms with E-state index in [9.17, 15) is 15.0 Å². The van der Waals surface area contributed by atoms with E-state index in [1.165, 1.54) is 0 Å². The summed E-state index contributed by atoms with van der Waals surface area (Å²) in [5.74, 6) is 0.821. The molecular formula is C13H22N4O4. The SMILES string of the molecule is CN1CN(C)C2=C(C1=O)N(C)CN2[C@H]1C[C@H](O)[C@@H](CO)O1. The normalized spacial score (nSPS) is 33.4. The summed E-state index contributed by atoms with van der Waals surface area (Å²) in [7, 11) is 5.57. The second kappa shape index (κ2) is 5.04. The Labute approximate surface area is 123 Å². The Morgan fingerprint density at radius 3 is 2.52 bits per heavy atom. The number of nitrogens with zero attached hydrogens (tertiary/aromatic N) is 4. The third-order valence-corrected chi connectivity index (χ3v) is 4.30. The molecule has 0 aliphatic carbocycles. The molecule has 3 heterocycles. The van der Waals surface area contributed by atoms with Gasteiger partial charge in [0.25, 0.3) is 5.91 Å². The molecule has 3 rings (SSSR count). The summed E-state index contributed by atoms with van der Waals surface area (Å²) in [5, 5.41) is 19.1. The molecule has 118 valence electrons. The van der Waals surface area contributed by atoms with E-state index < -0.39 is 12.2 Å². The van der Waals surface area contributed by atoms with Crippen LogP contribution < -0.4 is 0 Å². The molecule has 0 unspecified atom stereocenters. The number of hydrogen-bond donors (Lipinski definition) is 2. The van der Waals surface area contributed by atoms with Crippen molar-refractivity contribution >= 4 is 5.91 Å². The van der Waals surface area contributed by atoms with E-state index in [2.05, 4.69) is 0 Å². The lowest BCUT2D eigenvalue weighted by Crippen LogP contribution is -2.47. The molecule has 1 saturated heterocycles. The van der Waals surface area contributed by atoms with Crippen LogP contribution in [0.2, 0.25) is 0 Å². The van der Waals surface area contributed by atoms with Crippen LogP contribution in [0.1, 0.15) is 6.42 Å². The van der Waals surface area contributed by atoms with Crippen LogP contribution in [-0.4, -0.2) is 95.2 Å². The number of likely N-dealkylation sites (N-methyl/N-ethyl adjacent to an activating group) is 2. The Morgan fingerprint density at radius 1 is 1.19 bits per heavy atom. The summed E-state index contributed by atoms with van der Waals surface area (Å²) in [5.41, 5.74) is 0.650. The molecule has 3 aliphatic heterocycles. The smallest absolute Gasteiger partial charge is 0.275 e. The third kappa shape index (κ3) is 2.14. The predicted octanol–water partition coefficient (Wildman–Crippen LogP) is -1.81. The van der Waals surface area contributed by atoms with Crippen molar-refractivity contribution in [2.75, 3.05) is 41.1 Å². The van der Waals surface area contributed by atoms with Gasteiger partial charge in [0.15, 0.2) is 0 Å². The molecule has 0 aromatic heterocycles. The van der Waals surface area contributed by atoms with Crippen molar-refractivity contribution in [3.63, 3.8) is 0 Å². The lowest BCUT2D eigenvalue weighted by molar-refractivity contribution is -0.130. The number of ether oxygens (including phenoxy) is 1. The first-order valence-corrected chi connectivity index (χ1v) is 7.07. The minimum atomic E-state index is -0.678. The number of carbonyl (C=O) groups excluding carboxylic acids is 1. The van der Waals surface area contributed by atoms with Gasteiger partial charge in [0, 0.05) is 27.6 Å². The number of amides is 1. The number of hydrogen-bond acceptors (Lipinski definition) is 7. The van der Waals surface area contributed by atoms with E-state index in [1.807, 2.05) is 28.8 Å². The topological polar surface area (TPSA) is 79.7 Å². The standard InChI is InChI=1S/C13H22N4O4/c1-14-7-17(10-4-8(19)9(5-18)21-10)12-11(14)13(20)16(3)6-15(12)2/h8-10,18-19H,4-7H2,1-3H3/t8-,9+,10+/m0/s1. The fraction of sp³-hybridized carbons (Fsp3) is 0.769. The summed E-state index contributed by atoms with van der Waals surface area (Å²) >= 11 is 0. The van der Waals surface area contributed by atoms with Crippen LogP contribution in [-0.2, 0) is 9.53 Å². The average molecular weight is 298 g/mol. The number of rotatable bonds is 2. The maximum Gasteiger partial charge on any atom is 0.275 e. The second-order valence-corrected chi connectivity index (χ2v) is 5.94. The lowest BCUT2D eigenvalue weighted by atomic mass is 10.2. The van der Waals surface area contributed by atoms with E-state index in [0.29, 0.717) is 25.5 Å². The van der Waals surface area contributed by atoms with Gasteiger partial charge in [-0.05, 0) is 0 Å². The Bertz CT molecular complexity index is 483. The molecule has 8 nitrogen and oxygen atoms in total. The van der Waals surface area contributed by atoms with Gasteiger partial charge in [0.2, 0.25) is 0 Å². The van der Waals surface area contributed by atoms with Gasteiger partial charge in [-0.3, -0.25) is 4.79 Å². The van der Waals surface area contributed by atoms with Crippen LogP contribution in [0.4, 0.5) is 0 Å². The fourth-order valence-corrected chi connectivity index (χ4v) is 3.26. The zero-order valence-electron chi connectivity index (χ0n) is 12.6. The quantitative estimate of drug-likeness (QED) is 0.622.